The Balaban J connectivity index is 1.49. The maximum Gasteiger partial charge on any atom is 0.191 e. The van der Waals surface area contributed by atoms with Crippen molar-refractivity contribution in [3.8, 4) is 0 Å². The predicted molar refractivity (Wildman–Crippen MR) is 103 cm³/mol. The van der Waals surface area contributed by atoms with Gasteiger partial charge in [-0.25, -0.2) is 0 Å². The molecule has 0 bridgehead atoms. The molecule has 5 nitrogen and oxygen atoms in total. The molecule has 0 aromatic heterocycles. The molecule has 0 spiro atoms. The lowest BCUT2D eigenvalue weighted by Crippen LogP contribution is -2.57. The number of nitrogens with one attached hydrogen (secondary N) is 2. The van der Waals surface area contributed by atoms with Crippen LogP contribution in [0, 0.1) is 5.92 Å². The molecular formula is C18H34N4OS. The largest absolute Gasteiger partial charge is 0.381 e. The predicted octanol–water partition coefficient (Wildman–Crippen LogP) is 1.94. The lowest BCUT2D eigenvalue weighted by atomic mass is 9.94. The van der Waals surface area contributed by atoms with E-state index in [4.69, 9.17) is 4.74 Å². The highest BCUT2D eigenvalue weighted by atomic mass is 32.2. The molecule has 3 rings (SSSR count). The molecule has 0 aromatic carbocycles. The Morgan fingerprint density at radius 1 is 1.17 bits per heavy atom. The summed E-state index contributed by atoms with van der Waals surface area (Å²) in [6, 6.07) is 0. The maximum atomic E-state index is 5.45. The van der Waals surface area contributed by atoms with E-state index in [1.54, 1.807) is 0 Å². The minimum Gasteiger partial charge on any atom is -0.381 e. The van der Waals surface area contributed by atoms with Crippen LogP contribution in [0.1, 0.15) is 38.5 Å². The molecule has 2 N–H and O–H groups in total. The smallest absolute Gasteiger partial charge is 0.191 e. The first kappa shape index (κ1) is 18.3. The zero-order chi connectivity index (χ0) is 16.7. The van der Waals surface area contributed by atoms with E-state index in [-0.39, 0.29) is 0 Å². The Morgan fingerprint density at radius 2 is 1.88 bits per heavy atom. The summed E-state index contributed by atoms with van der Waals surface area (Å²) in [7, 11) is 1.89. The SMILES string of the molecule is CN=C(NCC1CCOCC1)NCC1(N2CCSCC2)CCCC1. The van der Waals surface area contributed by atoms with E-state index in [2.05, 4.69) is 32.3 Å². The molecule has 2 aliphatic heterocycles. The fourth-order valence-corrected chi connectivity index (χ4v) is 5.24. The maximum absolute atomic E-state index is 5.45. The normalized spacial score (nSPS) is 26.5. The number of nitrogens with zero attached hydrogens (tertiary/aromatic N) is 2. The first-order valence-electron chi connectivity index (χ1n) is 9.67. The number of hydrogen-bond acceptors (Lipinski definition) is 4. The standard InChI is InChI=1S/C18H34N4OS/c1-19-17(20-14-16-4-10-23-11-5-16)21-15-18(6-2-3-7-18)22-8-12-24-13-9-22/h16H,2-15H2,1H3,(H2,19,20,21). The Hall–Kier alpha value is -0.460. The van der Waals surface area contributed by atoms with E-state index in [1.807, 2.05) is 7.05 Å². The molecule has 2 heterocycles. The third kappa shape index (κ3) is 4.79. The molecule has 0 atom stereocenters. The number of hydrogen-bond donors (Lipinski definition) is 2. The second-order valence-corrected chi connectivity index (χ2v) is 8.62. The van der Waals surface area contributed by atoms with Gasteiger partial charge in [0.2, 0.25) is 0 Å². The molecule has 2 saturated heterocycles. The van der Waals surface area contributed by atoms with Gasteiger partial charge in [0, 0.05) is 63.5 Å². The Bertz CT molecular complexity index is 400. The molecule has 1 saturated carbocycles. The summed E-state index contributed by atoms with van der Waals surface area (Å²) in [6.07, 6.45) is 7.75. The molecule has 0 aromatic rings. The number of aliphatic imine (C=N–C) groups is 1. The number of rotatable bonds is 5. The molecule has 0 unspecified atom stereocenters. The molecule has 1 aliphatic carbocycles. The van der Waals surface area contributed by atoms with E-state index in [1.165, 1.54) is 63.1 Å². The van der Waals surface area contributed by atoms with Crippen LogP contribution in [0.25, 0.3) is 0 Å². The van der Waals surface area contributed by atoms with Crippen molar-refractivity contribution in [2.24, 2.45) is 10.9 Å². The summed E-state index contributed by atoms with van der Waals surface area (Å²) in [6.45, 7) is 6.37. The Kier molecular flexibility index (Phi) is 7.10. The zero-order valence-electron chi connectivity index (χ0n) is 15.2. The molecule has 3 aliphatic rings. The van der Waals surface area contributed by atoms with Gasteiger partial charge >= 0.3 is 0 Å². The van der Waals surface area contributed by atoms with Gasteiger partial charge in [0.1, 0.15) is 0 Å². The summed E-state index contributed by atoms with van der Waals surface area (Å²) in [4.78, 5) is 7.21. The van der Waals surface area contributed by atoms with Crippen LogP contribution in [0.3, 0.4) is 0 Å². The summed E-state index contributed by atoms with van der Waals surface area (Å²) in [5, 5.41) is 7.19. The number of ether oxygens (including phenoxy) is 1. The minimum absolute atomic E-state index is 0.358. The van der Waals surface area contributed by atoms with Gasteiger partial charge in [-0.3, -0.25) is 9.89 Å². The van der Waals surface area contributed by atoms with E-state index < -0.39 is 0 Å². The second kappa shape index (κ2) is 9.30. The first-order chi connectivity index (χ1) is 11.8. The van der Waals surface area contributed by atoms with Crippen LogP contribution in [-0.4, -0.2) is 74.3 Å². The summed E-state index contributed by atoms with van der Waals surface area (Å²) < 4.78 is 5.45. The van der Waals surface area contributed by atoms with Crippen molar-refractivity contribution in [1.29, 1.82) is 0 Å². The fraction of sp³-hybridized carbons (Fsp3) is 0.944. The second-order valence-electron chi connectivity index (χ2n) is 7.39. The van der Waals surface area contributed by atoms with Crippen LogP contribution in [-0.2, 0) is 4.74 Å². The van der Waals surface area contributed by atoms with Crippen molar-refractivity contribution in [3.05, 3.63) is 0 Å². The molecule has 0 radical (unpaired) electrons. The van der Waals surface area contributed by atoms with Gasteiger partial charge in [0.25, 0.3) is 0 Å². The van der Waals surface area contributed by atoms with Crippen molar-refractivity contribution in [3.63, 3.8) is 0 Å². The van der Waals surface area contributed by atoms with Gasteiger partial charge in [0.05, 0.1) is 0 Å². The number of thioether (sulfide) groups is 1. The van der Waals surface area contributed by atoms with Crippen LogP contribution in [0.15, 0.2) is 4.99 Å². The molecule has 3 fully saturated rings. The Morgan fingerprint density at radius 3 is 2.54 bits per heavy atom. The van der Waals surface area contributed by atoms with E-state index in [0.29, 0.717) is 5.54 Å². The highest BCUT2D eigenvalue weighted by Crippen LogP contribution is 2.36. The van der Waals surface area contributed by atoms with Gasteiger partial charge < -0.3 is 15.4 Å². The van der Waals surface area contributed by atoms with Crippen LogP contribution >= 0.6 is 11.8 Å². The third-order valence-corrected chi connectivity index (χ3v) is 6.87. The van der Waals surface area contributed by atoms with Crippen molar-refractivity contribution in [1.82, 2.24) is 15.5 Å². The summed E-state index contributed by atoms with van der Waals surface area (Å²) in [5.74, 6) is 4.27. The fourth-order valence-electron chi connectivity index (χ4n) is 4.34. The first-order valence-corrected chi connectivity index (χ1v) is 10.8. The van der Waals surface area contributed by atoms with Crippen LogP contribution in [0.4, 0.5) is 0 Å². The highest BCUT2D eigenvalue weighted by Gasteiger charge is 2.39. The third-order valence-electron chi connectivity index (χ3n) is 5.92. The quantitative estimate of drug-likeness (QED) is 0.584. The average Bonchev–Trinajstić information content (AvgIpc) is 3.14. The molecule has 138 valence electrons. The molecule has 6 heteroatoms. The van der Waals surface area contributed by atoms with Crippen molar-refractivity contribution in [2.75, 3.05) is 57.9 Å². The Labute approximate surface area is 151 Å². The van der Waals surface area contributed by atoms with Gasteiger partial charge in [-0.1, -0.05) is 12.8 Å². The molecular weight excluding hydrogens is 320 g/mol. The lowest BCUT2D eigenvalue weighted by Gasteiger charge is -2.43. The zero-order valence-corrected chi connectivity index (χ0v) is 16.0. The van der Waals surface area contributed by atoms with Crippen molar-refractivity contribution < 1.29 is 4.74 Å². The van der Waals surface area contributed by atoms with Gasteiger partial charge in [-0.05, 0) is 31.6 Å². The monoisotopic (exact) mass is 354 g/mol. The van der Waals surface area contributed by atoms with Crippen LogP contribution in [0.5, 0.6) is 0 Å². The number of guanidine groups is 1. The minimum atomic E-state index is 0.358. The van der Waals surface area contributed by atoms with Crippen molar-refractivity contribution >= 4 is 17.7 Å². The molecule has 24 heavy (non-hydrogen) atoms. The summed E-state index contributed by atoms with van der Waals surface area (Å²) >= 11 is 2.10. The van der Waals surface area contributed by atoms with Gasteiger partial charge in [-0.2, -0.15) is 11.8 Å². The van der Waals surface area contributed by atoms with E-state index in [9.17, 15) is 0 Å². The average molecular weight is 355 g/mol. The highest BCUT2D eigenvalue weighted by molar-refractivity contribution is 7.99. The topological polar surface area (TPSA) is 48.9 Å². The van der Waals surface area contributed by atoms with Gasteiger partial charge in [0.15, 0.2) is 5.96 Å². The van der Waals surface area contributed by atoms with Gasteiger partial charge in [-0.15, -0.1) is 0 Å². The lowest BCUT2D eigenvalue weighted by molar-refractivity contribution is 0.0675. The van der Waals surface area contributed by atoms with Crippen molar-refractivity contribution in [2.45, 2.75) is 44.1 Å². The van der Waals surface area contributed by atoms with E-state index >= 15 is 0 Å². The summed E-state index contributed by atoms with van der Waals surface area (Å²) in [5.41, 5.74) is 0.358. The van der Waals surface area contributed by atoms with E-state index in [0.717, 1.165) is 38.2 Å². The molecule has 0 amide bonds. The van der Waals surface area contributed by atoms with Crippen LogP contribution in [0.2, 0.25) is 0 Å². The van der Waals surface area contributed by atoms with Crippen LogP contribution < -0.4 is 10.6 Å².